The fourth-order valence-electron chi connectivity index (χ4n) is 1.77. The summed E-state index contributed by atoms with van der Waals surface area (Å²) >= 11 is 0. The summed E-state index contributed by atoms with van der Waals surface area (Å²) in [7, 11) is -1.48. The van der Waals surface area contributed by atoms with E-state index in [-0.39, 0.29) is 4.91 Å². The minimum Gasteiger partial charge on any atom is -0.477 e. The van der Waals surface area contributed by atoms with Gasteiger partial charge in [0.2, 0.25) is 0 Å². The van der Waals surface area contributed by atoms with Gasteiger partial charge in [-0.25, -0.2) is 4.79 Å². The molecule has 0 radical (unpaired) electrons. The van der Waals surface area contributed by atoms with Crippen molar-refractivity contribution in [3.63, 3.8) is 0 Å². The number of ether oxygens (including phenoxy) is 2. The van der Waals surface area contributed by atoms with Crippen LogP contribution in [0.1, 0.15) is 6.92 Å². The van der Waals surface area contributed by atoms with Gasteiger partial charge in [0.25, 0.3) is 0 Å². The van der Waals surface area contributed by atoms with E-state index in [0.717, 1.165) is 0 Å². The van der Waals surface area contributed by atoms with Crippen LogP contribution in [0.15, 0.2) is 22.0 Å². The van der Waals surface area contributed by atoms with E-state index in [2.05, 4.69) is 0 Å². The van der Waals surface area contributed by atoms with Gasteiger partial charge in [0.05, 0.1) is 18.1 Å². The second kappa shape index (κ2) is 4.04. The summed E-state index contributed by atoms with van der Waals surface area (Å²) in [4.78, 5) is 22.7. The highest BCUT2D eigenvalue weighted by Crippen LogP contribution is 2.52. The molecule has 0 aromatic rings. The minimum absolute atomic E-state index is 0.125. The van der Waals surface area contributed by atoms with Crippen molar-refractivity contribution in [1.29, 1.82) is 0 Å². The van der Waals surface area contributed by atoms with Crippen molar-refractivity contribution < 1.29 is 24.2 Å². The Labute approximate surface area is 95.1 Å². The Morgan fingerprint density at radius 3 is 2.62 bits per heavy atom. The average Bonchev–Trinajstić information content (AvgIpc) is 2.83. The van der Waals surface area contributed by atoms with E-state index in [9.17, 15) is 9.59 Å². The van der Waals surface area contributed by atoms with Crippen molar-refractivity contribution in [2.24, 2.45) is 0 Å². The zero-order valence-corrected chi connectivity index (χ0v) is 9.57. The molecule has 0 bridgehead atoms. The van der Waals surface area contributed by atoms with Crippen LogP contribution in [0.2, 0.25) is 0 Å². The van der Waals surface area contributed by atoms with Crippen LogP contribution < -0.4 is 0 Å². The van der Waals surface area contributed by atoms with Gasteiger partial charge in [0, 0.05) is 4.91 Å². The lowest BCUT2D eigenvalue weighted by Gasteiger charge is -2.28. The highest BCUT2D eigenvalue weighted by molar-refractivity contribution is 8.35. The van der Waals surface area contributed by atoms with Crippen LogP contribution in [0.4, 0.5) is 0 Å². The minimum atomic E-state index is -1.48. The monoisotopic (exact) mass is 244 g/mol. The molecule has 2 aliphatic rings. The third-order valence-corrected chi connectivity index (χ3v) is 4.69. The molecule has 0 saturated carbocycles. The number of allylic oxidation sites excluding steroid dienone is 2. The number of carbonyl (C=O) groups is 2. The molecule has 0 amide bonds. The Morgan fingerprint density at radius 1 is 1.50 bits per heavy atom. The van der Waals surface area contributed by atoms with Crippen molar-refractivity contribution >= 4 is 22.5 Å². The molecular formula is C10H12O5S. The summed E-state index contributed by atoms with van der Waals surface area (Å²) in [5.41, 5.74) is 0.671. The first kappa shape index (κ1) is 11.4. The number of aliphatic carboxylic acids is 1. The lowest BCUT2D eigenvalue weighted by atomic mass is 10.3. The normalized spacial score (nSPS) is 29.7. The van der Waals surface area contributed by atoms with Crippen molar-refractivity contribution in [1.82, 2.24) is 0 Å². The number of rotatable bonds is 3. The van der Waals surface area contributed by atoms with Gasteiger partial charge in [-0.05, 0) is 19.1 Å². The third-order valence-electron chi connectivity index (χ3n) is 2.55. The maximum Gasteiger partial charge on any atom is 0.341 e. The fraction of sp³-hybridized carbons (Fsp3) is 0.400. The van der Waals surface area contributed by atoms with Crippen molar-refractivity contribution in [3.05, 3.63) is 22.0 Å². The highest BCUT2D eigenvalue weighted by Gasteiger charge is 2.41. The Morgan fingerprint density at radius 2 is 2.12 bits per heavy atom. The molecule has 1 atom stereocenters. The van der Waals surface area contributed by atoms with Crippen LogP contribution in [0, 0.1) is 0 Å². The number of thiol groups is 1. The summed E-state index contributed by atoms with van der Waals surface area (Å²) in [6, 6.07) is 0. The van der Waals surface area contributed by atoms with Crippen LogP contribution in [0.5, 0.6) is 0 Å². The summed E-state index contributed by atoms with van der Waals surface area (Å²) in [5.74, 6) is -2.01. The zero-order chi connectivity index (χ0) is 11.8. The number of carboxylic acid groups (broad SMARTS) is 1. The summed E-state index contributed by atoms with van der Waals surface area (Å²) < 4.78 is 10.9. The Kier molecular flexibility index (Phi) is 2.88. The highest BCUT2D eigenvalue weighted by atomic mass is 32.2. The van der Waals surface area contributed by atoms with E-state index in [1.54, 1.807) is 13.0 Å². The first-order valence-electron chi connectivity index (χ1n) is 4.77. The van der Waals surface area contributed by atoms with Crippen molar-refractivity contribution in [3.8, 4) is 0 Å². The van der Waals surface area contributed by atoms with Gasteiger partial charge in [0.15, 0.2) is 11.4 Å². The summed E-state index contributed by atoms with van der Waals surface area (Å²) in [6.45, 7) is 2.62. The van der Waals surface area contributed by atoms with Crippen LogP contribution in [0.3, 0.4) is 0 Å². The van der Waals surface area contributed by atoms with Gasteiger partial charge in [-0.15, -0.1) is 10.9 Å². The SMILES string of the molecule is CC1(C2=CC=C(C(=O)O)[SH]2C=O)OCCO1. The third kappa shape index (κ3) is 1.68. The molecule has 1 saturated heterocycles. The number of carboxylic acids is 1. The predicted molar refractivity (Wildman–Crippen MR) is 59.8 cm³/mol. The van der Waals surface area contributed by atoms with Crippen LogP contribution in [-0.2, 0) is 19.1 Å². The van der Waals surface area contributed by atoms with Gasteiger partial charge in [-0.2, -0.15) is 0 Å². The molecule has 1 N–H and O–H groups in total. The molecule has 6 heteroatoms. The van der Waals surface area contributed by atoms with E-state index >= 15 is 0 Å². The van der Waals surface area contributed by atoms with Crippen LogP contribution in [0.25, 0.3) is 0 Å². The summed E-state index contributed by atoms with van der Waals surface area (Å²) in [5, 5.41) is 8.93. The standard InChI is InChI=1S/C10H12O5S/c1-10(14-4-5-15-10)8-3-2-7(9(12)13)16(8)6-11/h2-3,6,16H,4-5H2,1H3,(H,12,13). The molecule has 88 valence electrons. The Bertz CT molecular complexity index is 392. The van der Waals surface area contributed by atoms with E-state index in [0.29, 0.717) is 23.7 Å². The molecule has 0 spiro atoms. The topological polar surface area (TPSA) is 72.8 Å². The van der Waals surface area contributed by atoms with E-state index in [1.165, 1.54) is 6.08 Å². The average molecular weight is 244 g/mol. The Balaban J connectivity index is 2.26. The van der Waals surface area contributed by atoms with E-state index < -0.39 is 22.7 Å². The molecule has 2 rings (SSSR count). The molecule has 0 aromatic carbocycles. The lowest BCUT2D eigenvalue weighted by molar-refractivity contribution is -0.131. The number of carbonyl (C=O) groups excluding carboxylic acids is 1. The molecule has 5 nitrogen and oxygen atoms in total. The molecule has 2 heterocycles. The maximum absolute atomic E-state index is 11.0. The molecule has 1 fully saturated rings. The predicted octanol–water partition coefficient (Wildman–Crippen LogP) is 0.807. The van der Waals surface area contributed by atoms with Crippen molar-refractivity contribution in [2.75, 3.05) is 13.2 Å². The largest absolute Gasteiger partial charge is 0.477 e. The number of hydrogen-bond donors (Lipinski definition) is 2. The van der Waals surface area contributed by atoms with Gasteiger partial charge in [-0.3, -0.25) is 4.79 Å². The quantitative estimate of drug-likeness (QED) is 0.567. The zero-order valence-electron chi connectivity index (χ0n) is 8.67. The van der Waals surface area contributed by atoms with Gasteiger partial charge in [-0.1, -0.05) is 0 Å². The first-order chi connectivity index (χ1) is 7.58. The molecule has 2 aliphatic heterocycles. The fourth-order valence-corrected chi connectivity index (χ4v) is 3.50. The molecule has 0 aromatic heterocycles. The Hall–Kier alpha value is -1.11. The summed E-state index contributed by atoms with van der Waals surface area (Å²) in [6.07, 6.45) is 3.07. The molecular weight excluding hydrogens is 232 g/mol. The van der Waals surface area contributed by atoms with E-state index in [4.69, 9.17) is 14.6 Å². The van der Waals surface area contributed by atoms with Gasteiger partial charge in [0.1, 0.15) is 0 Å². The molecule has 0 aliphatic carbocycles. The molecule has 16 heavy (non-hydrogen) atoms. The van der Waals surface area contributed by atoms with Gasteiger partial charge < -0.3 is 14.6 Å². The second-order valence-electron chi connectivity index (χ2n) is 3.53. The second-order valence-corrected chi connectivity index (χ2v) is 5.44. The van der Waals surface area contributed by atoms with Crippen LogP contribution >= 0.6 is 10.9 Å². The molecule has 1 unspecified atom stereocenters. The maximum atomic E-state index is 11.0. The smallest absolute Gasteiger partial charge is 0.341 e. The van der Waals surface area contributed by atoms with Gasteiger partial charge >= 0.3 is 5.97 Å². The number of hydrogen-bond acceptors (Lipinski definition) is 4. The van der Waals surface area contributed by atoms with Crippen LogP contribution in [-0.4, -0.2) is 35.7 Å². The van der Waals surface area contributed by atoms with Crippen molar-refractivity contribution in [2.45, 2.75) is 12.7 Å². The first-order valence-corrected chi connectivity index (χ1v) is 6.18. The lowest BCUT2D eigenvalue weighted by Crippen LogP contribution is -2.28. The van der Waals surface area contributed by atoms with E-state index in [1.807, 2.05) is 0 Å².